The molecule has 0 spiro atoms. The van der Waals surface area contributed by atoms with Crippen LogP contribution < -0.4 is 10.4 Å². The van der Waals surface area contributed by atoms with Crippen LogP contribution in [0.3, 0.4) is 0 Å². The zero-order valence-electron chi connectivity index (χ0n) is 21.2. The molecule has 10 heteroatoms. The highest BCUT2D eigenvalue weighted by molar-refractivity contribution is 5.97. The Bertz CT molecular complexity index is 1070. The van der Waals surface area contributed by atoms with E-state index in [2.05, 4.69) is 5.32 Å². The second-order valence-electron chi connectivity index (χ2n) is 8.51. The molecule has 1 saturated heterocycles. The second kappa shape index (κ2) is 14.0. The summed E-state index contributed by atoms with van der Waals surface area (Å²) in [6.45, 7) is 4.60. The van der Waals surface area contributed by atoms with Crippen LogP contribution in [-0.2, 0) is 30.5 Å². The van der Waals surface area contributed by atoms with Gasteiger partial charge in [-0.05, 0) is 43.5 Å². The lowest BCUT2D eigenvalue weighted by atomic mass is 10.1. The first-order valence-corrected chi connectivity index (χ1v) is 12.3. The quantitative estimate of drug-likeness (QED) is 0.384. The van der Waals surface area contributed by atoms with Crippen LogP contribution in [-0.4, -0.2) is 61.1 Å². The largest absolute Gasteiger partial charge is 0.466 e. The van der Waals surface area contributed by atoms with Gasteiger partial charge in [0, 0.05) is 32.1 Å². The number of anilines is 1. The van der Waals surface area contributed by atoms with E-state index >= 15 is 0 Å². The molecule has 0 unspecified atom stereocenters. The van der Waals surface area contributed by atoms with Crippen LogP contribution in [0.1, 0.15) is 49.0 Å². The summed E-state index contributed by atoms with van der Waals surface area (Å²) in [6, 6.07) is 16.0. The molecule has 0 radical (unpaired) electrons. The van der Waals surface area contributed by atoms with Crippen molar-refractivity contribution in [2.45, 2.75) is 45.8 Å². The van der Waals surface area contributed by atoms with Crippen molar-refractivity contribution in [1.29, 1.82) is 0 Å². The number of ether oxygens (including phenoxy) is 2. The van der Waals surface area contributed by atoms with Crippen molar-refractivity contribution in [2.24, 2.45) is 0 Å². The summed E-state index contributed by atoms with van der Waals surface area (Å²) in [5.74, 6) is -1.11. The third kappa shape index (κ3) is 8.60. The summed E-state index contributed by atoms with van der Waals surface area (Å²) in [5.41, 5.74) is 1.66. The van der Waals surface area contributed by atoms with Crippen LogP contribution in [0.25, 0.3) is 0 Å². The predicted octanol–water partition coefficient (Wildman–Crippen LogP) is 3.46. The molecule has 1 fully saturated rings. The minimum Gasteiger partial charge on any atom is -0.466 e. The molecule has 3 rings (SSSR count). The van der Waals surface area contributed by atoms with E-state index in [1.807, 2.05) is 30.3 Å². The topological polar surface area (TPSA) is 114 Å². The minimum absolute atomic E-state index is 0.0699. The van der Waals surface area contributed by atoms with Gasteiger partial charge in [-0.3, -0.25) is 19.2 Å². The highest BCUT2D eigenvalue weighted by Gasteiger charge is 2.27. The Kier molecular flexibility index (Phi) is 10.5. The second-order valence-corrected chi connectivity index (χ2v) is 8.51. The Morgan fingerprint density at radius 3 is 2.41 bits per heavy atom. The molecule has 0 saturated carbocycles. The molecule has 0 atom stereocenters. The number of piperidine rings is 1. The third-order valence-corrected chi connectivity index (χ3v) is 5.71. The van der Waals surface area contributed by atoms with Gasteiger partial charge in [0.1, 0.15) is 6.61 Å². The van der Waals surface area contributed by atoms with Gasteiger partial charge in [0.25, 0.3) is 5.91 Å². The SMILES string of the molecule is CCOC(=O)CCNC(=O)c1cccc(N(OC2CCN(C(=O)OCc3ccccc3)CC2)C(C)=O)c1. The van der Waals surface area contributed by atoms with E-state index in [0.717, 1.165) is 5.56 Å². The van der Waals surface area contributed by atoms with Crippen molar-refractivity contribution in [1.82, 2.24) is 10.2 Å². The molecule has 198 valence electrons. The van der Waals surface area contributed by atoms with E-state index in [-0.39, 0.29) is 56.2 Å². The lowest BCUT2D eigenvalue weighted by Crippen LogP contribution is -2.44. The van der Waals surface area contributed by atoms with Crippen molar-refractivity contribution in [3.63, 3.8) is 0 Å². The first kappa shape index (κ1) is 27.7. The maximum Gasteiger partial charge on any atom is 0.410 e. The Balaban J connectivity index is 1.51. The van der Waals surface area contributed by atoms with Crippen LogP contribution in [0.5, 0.6) is 0 Å². The van der Waals surface area contributed by atoms with Gasteiger partial charge >= 0.3 is 12.1 Å². The summed E-state index contributed by atoms with van der Waals surface area (Å²) in [7, 11) is 0. The summed E-state index contributed by atoms with van der Waals surface area (Å²) >= 11 is 0. The van der Waals surface area contributed by atoms with Crippen molar-refractivity contribution in [3.05, 3.63) is 65.7 Å². The molecule has 3 amide bonds. The maximum absolute atomic E-state index is 12.5. The molecular formula is C27H33N3O7. The van der Waals surface area contributed by atoms with E-state index in [1.54, 1.807) is 36.1 Å². The number of hydrogen-bond acceptors (Lipinski definition) is 7. The lowest BCUT2D eigenvalue weighted by Gasteiger charge is -2.33. The summed E-state index contributed by atoms with van der Waals surface area (Å²) < 4.78 is 10.2. The van der Waals surface area contributed by atoms with Crippen molar-refractivity contribution >= 4 is 29.6 Å². The van der Waals surface area contributed by atoms with Gasteiger partial charge in [-0.1, -0.05) is 36.4 Å². The van der Waals surface area contributed by atoms with Crippen molar-refractivity contribution in [3.8, 4) is 0 Å². The lowest BCUT2D eigenvalue weighted by molar-refractivity contribution is -0.142. The van der Waals surface area contributed by atoms with E-state index in [1.165, 1.54) is 12.0 Å². The molecule has 0 aliphatic carbocycles. The molecule has 1 N–H and O–H groups in total. The summed E-state index contributed by atoms with van der Waals surface area (Å²) in [6.07, 6.45) is 0.452. The average molecular weight is 512 g/mol. The van der Waals surface area contributed by atoms with Gasteiger partial charge < -0.3 is 19.7 Å². The van der Waals surface area contributed by atoms with Crippen LogP contribution in [0, 0.1) is 0 Å². The number of carbonyl (C=O) groups is 4. The Hall–Kier alpha value is -3.92. The first-order valence-electron chi connectivity index (χ1n) is 12.3. The molecule has 0 aromatic heterocycles. The van der Waals surface area contributed by atoms with Crippen LogP contribution >= 0.6 is 0 Å². The monoisotopic (exact) mass is 511 g/mol. The Labute approximate surface area is 216 Å². The fraction of sp³-hybridized carbons (Fsp3) is 0.407. The summed E-state index contributed by atoms with van der Waals surface area (Å²) in [5, 5.41) is 3.84. The van der Waals surface area contributed by atoms with E-state index in [0.29, 0.717) is 37.2 Å². The zero-order valence-corrected chi connectivity index (χ0v) is 21.2. The van der Waals surface area contributed by atoms with Gasteiger partial charge in [0.15, 0.2) is 0 Å². The standard InChI is InChI=1S/C27H33N3O7/c1-3-35-25(32)12-15-28-26(33)22-10-7-11-23(18-22)30(20(2)31)37-24-13-16-29(17-14-24)27(34)36-19-21-8-5-4-6-9-21/h4-11,18,24H,3,12-17,19H2,1-2H3,(H,28,33). The van der Waals surface area contributed by atoms with Crippen molar-refractivity contribution < 1.29 is 33.5 Å². The number of hydroxylamine groups is 1. The number of benzene rings is 2. The van der Waals surface area contributed by atoms with E-state index in [9.17, 15) is 19.2 Å². The van der Waals surface area contributed by atoms with E-state index < -0.39 is 0 Å². The summed E-state index contributed by atoms with van der Waals surface area (Å²) in [4.78, 5) is 56.3. The molecule has 37 heavy (non-hydrogen) atoms. The number of nitrogens with one attached hydrogen (secondary N) is 1. The molecule has 1 heterocycles. The number of hydrogen-bond donors (Lipinski definition) is 1. The molecule has 10 nitrogen and oxygen atoms in total. The number of rotatable bonds is 10. The highest BCUT2D eigenvalue weighted by Crippen LogP contribution is 2.22. The normalized spacial score (nSPS) is 13.5. The maximum atomic E-state index is 12.5. The number of likely N-dealkylation sites (tertiary alicyclic amines) is 1. The number of nitrogens with zero attached hydrogens (tertiary/aromatic N) is 2. The fourth-order valence-electron chi connectivity index (χ4n) is 3.81. The highest BCUT2D eigenvalue weighted by atomic mass is 16.7. The molecule has 1 aliphatic heterocycles. The van der Waals surface area contributed by atoms with Gasteiger partial charge in [-0.25, -0.2) is 4.79 Å². The number of esters is 1. The Morgan fingerprint density at radius 1 is 1.00 bits per heavy atom. The predicted molar refractivity (Wildman–Crippen MR) is 135 cm³/mol. The fourth-order valence-corrected chi connectivity index (χ4v) is 3.81. The van der Waals surface area contributed by atoms with Gasteiger partial charge in [-0.2, -0.15) is 5.06 Å². The van der Waals surface area contributed by atoms with Crippen LogP contribution in [0.2, 0.25) is 0 Å². The van der Waals surface area contributed by atoms with Crippen LogP contribution in [0.4, 0.5) is 10.5 Å². The molecule has 0 bridgehead atoms. The van der Waals surface area contributed by atoms with Gasteiger partial charge in [0.2, 0.25) is 5.91 Å². The molecule has 2 aromatic carbocycles. The van der Waals surface area contributed by atoms with Crippen LogP contribution in [0.15, 0.2) is 54.6 Å². The smallest absolute Gasteiger partial charge is 0.410 e. The third-order valence-electron chi connectivity index (χ3n) is 5.71. The zero-order chi connectivity index (χ0) is 26.6. The van der Waals surface area contributed by atoms with E-state index in [4.69, 9.17) is 14.3 Å². The van der Waals surface area contributed by atoms with Gasteiger partial charge in [-0.15, -0.1) is 0 Å². The molecular weight excluding hydrogens is 478 g/mol. The Morgan fingerprint density at radius 2 is 1.73 bits per heavy atom. The van der Waals surface area contributed by atoms with Crippen molar-refractivity contribution in [2.75, 3.05) is 31.3 Å². The number of amides is 3. The minimum atomic E-state index is -0.386. The number of carbonyl (C=O) groups excluding carboxylic acids is 4. The average Bonchev–Trinajstić information content (AvgIpc) is 2.91. The molecule has 2 aromatic rings. The van der Waals surface area contributed by atoms with Gasteiger partial charge in [0.05, 0.1) is 24.8 Å². The first-order chi connectivity index (χ1) is 17.9. The molecule has 1 aliphatic rings.